The van der Waals surface area contributed by atoms with Gasteiger partial charge in [0, 0.05) is 53.8 Å². The van der Waals surface area contributed by atoms with Gasteiger partial charge in [-0.1, -0.05) is 65.7 Å². The van der Waals surface area contributed by atoms with Crippen LogP contribution in [0.4, 0.5) is 5.82 Å². The number of anilines is 1. The summed E-state index contributed by atoms with van der Waals surface area (Å²) in [5.41, 5.74) is 7.22. The molecule has 2 aromatic heterocycles. The molecular formula is C43H47Cl2N5O5. The van der Waals surface area contributed by atoms with E-state index >= 15 is 0 Å². The van der Waals surface area contributed by atoms with Gasteiger partial charge in [0.15, 0.2) is 0 Å². The molecule has 5 aliphatic rings. The number of carboxylic acid groups (broad SMARTS) is 1. The highest BCUT2D eigenvalue weighted by molar-refractivity contribution is 6.36. The first kappa shape index (κ1) is 37.5. The molecule has 12 heteroatoms. The Morgan fingerprint density at radius 2 is 1.69 bits per heavy atom. The van der Waals surface area contributed by atoms with E-state index < -0.39 is 11.4 Å². The molecule has 9 rings (SSSR count). The van der Waals surface area contributed by atoms with Crippen molar-refractivity contribution in [2.45, 2.75) is 95.3 Å². The number of aryl methyl sites for hydroxylation is 1. The third kappa shape index (κ3) is 7.36. The number of carboxylic acids is 1. The lowest BCUT2D eigenvalue weighted by atomic mass is 9.67. The molecule has 0 radical (unpaired) electrons. The zero-order valence-electron chi connectivity index (χ0n) is 31.3. The number of hydrogen-bond donors (Lipinski definition) is 3. The van der Waals surface area contributed by atoms with E-state index in [0.717, 1.165) is 97.7 Å². The SMILES string of the molecule is COc1nc(-c2cccc(-c3cccc4c3CC[C@@H]4Nc3nc(OC)c(CN4CC5(C(=O)O)CCC4CC5)cc3Cl)c2Cl)ccc1CCC[C@@H]1CCC(=O)N1. The molecule has 10 nitrogen and oxygen atoms in total. The van der Waals surface area contributed by atoms with Crippen molar-refractivity contribution in [2.24, 2.45) is 5.41 Å². The topological polar surface area (TPSA) is 126 Å². The van der Waals surface area contributed by atoms with Gasteiger partial charge in [-0.05, 0) is 93.0 Å². The highest BCUT2D eigenvalue weighted by atomic mass is 35.5. The number of benzene rings is 2. The van der Waals surface area contributed by atoms with Crippen LogP contribution in [0.25, 0.3) is 22.4 Å². The quantitative estimate of drug-likeness (QED) is 0.122. The molecule has 1 saturated carbocycles. The van der Waals surface area contributed by atoms with E-state index in [4.69, 9.17) is 42.6 Å². The van der Waals surface area contributed by atoms with Crippen molar-refractivity contribution in [1.29, 1.82) is 0 Å². The van der Waals surface area contributed by atoms with E-state index in [1.165, 1.54) is 11.1 Å². The number of aliphatic carboxylic acids is 1. The first-order chi connectivity index (χ1) is 26.7. The van der Waals surface area contributed by atoms with Gasteiger partial charge in [0.05, 0.1) is 41.4 Å². The number of methoxy groups -OCH3 is 2. The van der Waals surface area contributed by atoms with Crippen molar-refractivity contribution in [1.82, 2.24) is 20.2 Å². The van der Waals surface area contributed by atoms with Gasteiger partial charge in [-0.25, -0.2) is 4.98 Å². The third-order valence-electron chi connectivity index (χ3n) is 12.3. The Morgan fingerprint density at radius 1 is 0.945 bits per heavy atom. The number of halogens is 2. The number of rotatable bonds is 13. The van der Waals surface area contributed by atoms with Gasteiger partial charge in [-0.2, -0.15) is 4.98 Å². The van der Waals surface area contributed by atoms with Crippen LogP contribution in [-0.2, 0) is 29.0 Å². The molecule has 3 aliphatic heterocycles. The summed E-state index contributed by atoms with van der Waals surface area (Å²) < 4.78 is 11.5. The summed E-state index contributed by atoms with van der Waals surface area (Å²) in [4.78, 5) is 35.8. The Balaban J connectivity index is 0.994. The van der Waals surface area contributed by atoms with E-state index in [0.29, 0.717) is 53.2 Å². The number of carbonyl (C=O) groups is 2. The summed E-state index contributed by atoms with van der Waals surface area (Å²) in [5, 5.41) is 17.8. The summed E-state index contributed by atoms with van der Waals surface area (Å²) in [6.45, 7) is 1.07. The van der Waals surface area contributed by atoms with Crippen LogP contribution in [0, 0.1) is 5.41 Å². The molecule has 1 amide bonds. The predicted octanol–water partition coefficient (Wildman–Crippen LogP) is 8.66. The molecule has 0 spiro atoms. The number of piperidine rings is 2. The molecule has 2 aromatic carbocycles. The fourth-order valence-corrected chi connectivity index (χ4v) is 9.91. The number of aromatic nitrogens is 2. The summed E-state index contributed by atoms with van der Waals surface area (Å²) in [6, 6.07) is 19.0. The molecular weight excluding hydrogens is 737 g/mol. The van der Waals surface area contributed by atoms with E-state index in [9.17, 15) is 14.7 Å². The van der Waals surface area contributed by atoms with Crippen LogP contribution in [0.15, 0.2) is 54.6 Å². The second-order valence-corrected chi connectivity index (χ2v) is 16.3. The van der Waals surface area contributed by atoms with Crippen molar-refractivity contribution < 1.29 is 24.2 Å². The van der Waals surface area contributed by atoms with E-state index in [1.807, 2.05) is 24.3 Å². The fourth-order valence-electron chi connectivity index (χ4n) is 9.36. The van der Waals surface area contributed by atoms with Crippen LogP contribution >= 0.6 is 23.2 Å². The van der Waals surface area contributed by atoms with Crippen LogP contribution in [-0.4, -0.2) is 64.7 Å². The van der Waals surface area contributed by atoms with Gasteiger partial charge in [-0.15, -0.1) is 0 Å². The molecule has 2 atom stereocenters. The molecule has 0 unspecified atom stereocenters. The Morgan fingerprint density at radius 3 is 2.44 bits per heavy atom. The summed E-state index contributed by atoms with van der Waals surface area (Å²) in [5.74, 6) is 1.08. The van der Waals surface area contributed by atoms with Crippen molar-refractivity contribution in [2.75, 3.05) is 26.1 Å². The average Bonchev–Trinajstić information content (AvgIpc) is 3.81. The molecule has 3 saturated heterocycles. The summed E-state index contributed by atoms with van der Waals surface area (Å²) in [6.07, 6.45) is 9.14. The van der Waals surface area contributed by atoms with E-state index in [1.54, 1.807) is 14.2 Å². The van der Waals surface area contributed by atoms with Crippen LogP contribution in [0.5, 0.6) is 11.8 Å². The standard InChI is InChI=1S/C43H47Cl2N5O5/c1-54-40-25(6-3-7-27-13-17-37(51)46-27)12-15-36(48-40)33-11-5-10-32(38(33)45)29-8-4-9-31-30(29)14-16-35(31)47-39-34(44)22-26(41(49-39)55-2)23-50-24-43(42(52)53)20-18-28(50)19-21-43/h4-5,8-12,15,22,27-28,35H,3,6-7,13-14,16-21,23-24H2,1-2H3,(H,46,51)(H,47,49)(H,52,53)/t27-,28?,35+,43?/m1/s1. The number of nitrogens with one attached hydrogen (secondary N) is 2. The number of amides is 1. The second kappa shape index (κ2) is 15.6. The Hall–Kier alpha value is -4.38. The maximum atomic E-state index is 12.2. The molecule has 55 heavy (non-hydrogen) atoms. The van der Waals surface area contributed by atoms with Gasteiger partial charge >= 0.3 is 5.97 Å². The minimum atomic E-state index is -0.698. The zero-order chi connectivity index (χ0) is 38.3. The maximum Gasteiger partial charge on any atom is 0.310 e. The van der Waals surface area contributed by atoms with Gasteiger partial charge in [0.25, 0.3) is 0 Å². The van der Waals surface area contributed by atoms with Crippen molar-refractivity contribution >= 4 is 40.9 Å². The first-order valence-corrected chi connectivity index (χ1v) is 20.1. The van der Waals surface area contributed by atoms with Gasteiger partial charge < -0.3 is 25.2 Å². The largest absolute Gasteiger partial charge is 0.481 e. The third-order valence-corrected chi connectivity index (χ3v) is 13.0. The molecule has 5 heterocycles. The number of nitrogens with zero attached hydrogens (tertiary/aromatic N) is 3. The first-order valence-electron chi connectivity index (χ1n) is 19.4. The Kier molecular flexibility index (Phi) is 10.7. The minimum Gasteiger partial charge on any atom is -0.481 e. The van der Waals surface area contributed by atoms with Crippen molar-refractivity contribution in [3.63, 3.8) is 0 Å². The van der Waals surface area contributed by atoms with Crippen molar-refractivity contribution in [3.8, 4) is 34.1 Å². The normalized spacial score (nSPS) is 23.1. The monoisotopic (exact) mass is 783 g/mol. The van der Waals surface area contributed by atoms with Gasteiger partial charge in [0.2, 0.25) is 17.7 Å². The van der Waals surface area contributed by atoms with Gasteiger partial charge in [0.1, 0.15) is 5.82 Å². The number of carbonyl (C=O) groups excluding carboxylic acids is 1. The summed E-state index contributed by atoms with van der Waals surface area (Å²) in [7, 11) is 3.26. The Bertz CT molecular complexity index is 2120. The number of ether oxygens (including phenoxy) is 2. The minimum absolute atomic E-state index is 0.0193. The number of pyridine rings is 2. The lowest BCUT2D eigenvalue weighted by Crippen LogP contribution is -2.56. The van der Waals surface area contributed by atoms with Crippen molar-refractivity contribution in [3.05, 3.63) is 86.9 Å². The highest BCUT2D eigenvalue weighted by Crippen LogP contribution is 2.47. The predicted molar refractivity (Wildman–Crippen MR) is 214 cm³/mol. The maximum absolute atomic E-state index is 12.2. The number of fused-ring (bicyclic) bond motifs is 4. The molecule has 2 bridgehead atoms. The lowest BCUT2D eigenvalue weighted by molar-refractivity contribution is -0.160. The second-order valence-electron chi connectivity index (χ2n) is 15.5. The van der Waals surface area contributed by atoms with Gasteiger partial charge in [-0.3, -0.25) is 14.5 Å². The lowest BCUT2D eigenvalue weighted by Gasteiger charge is -2.50. The smallest absolute Gasteiger partial charge is 0.310 e. The molecule has 3 N–H and O–H groups in total. The Labute approximate surface area is 331 Å². The molecule has 288 valence electrons. The molecule has 4 aromatic rings. The fraction of sp³-hybridized carbons (Fsp3) is 0.442. The van der Waals surface area contributed by atoms with Crippen LogP contribution in [0.1, 0.15) is 86.1 Å². The van der Waals surface area contributed by atoms with Crippen LogP contribution < -0.4 is 20.1 Å². The molecule has 4 fully saturated rings. The average molecular weight is 785 g/mol. The van der Waals surface area contributed by atoms with E-state index in [-0.39, 0.29) is 18.0 Å². The van der Waals surface area contributed by atoms with E-state index in [2.05, 4.69) is 45.9 Å². The highest BCUT2D eigenvalue weighted by Gasteiger charge is 2.49. The molecule has 2 aliphatic carbocycles. The summed E-state index contributed by atoms with van der Waals surface area (Å²) >= 11 is 14.1. The van der Waals surface area contributed by atoms with Crippen LogP contribution in [0.2, 0.25) is 10.0 Å². The number of hydrogen-bond acceptors (Lipinski definition) is 8. The van der Waals surface area contributed by atoms with Crippen LogP contribution in [0.3, 0.4) is 0 Å². The zero-order valence-corrected chi connectivity index (χ0v) is 32.8.